The minimum atomic E-state index is 0.236. The van der Waals surface area contributed by atoms with Crippen LogP contribution in [0.3, 0.4) is 0 Å². The maximum absolute atomic E-state index is 5.79. The normalized spacial score (nSPS) is 19.8. The summed E-state index contributed by atoms with van der Waals surface area (Å²) in [6.45, 7) is 2.78. The van der Waals surface area contributed by atoms with E-state index in [0.29, 0.717) is 13.2 Å². The van der Waals surface area contributed by atoms with Gasteiger partial charge < -0.3 is 18.9 Å². The number of aromatic nitrogens is 2. The van der Waals surface area contributed by atoms with E-state index in [9.17, 15) is 0 Å². The van der Waals surface area contributed by atoms with Gasteiger partial charge in [0.2, 0.25) is 0 Å². The quantitative estimate of drug-likeness (QED) is 0.478. The standard InChI is InChI=1S/C22H21BrN2O4/c1-25-21(15-4-7-22(19(23)8-15)29-13-18-12-28-18)9-20(24-25)14-2-5-16(6-3-14)26-10-17-11-27-17/h2-9,17-18H,10-13H2,1H3. The highest BCUT2D eigenvalue weighted by Gasteiger charge is 2.24. The van der Waals surface area contributed by atoms with Crippen LogP contribution in [-0.2, 0) is 16.5 Å². The van der Waals surface area contributed by atoms with Crippen LogP contribution in [0.4, 0.5) is 0 Å². The molecule has 2 unspecified atom stereocenters. The van der Waals surface area contributed by atoms with Crippen molar-refractivity contribution in [3.8, 4) is 34.0 Å². The van der Waals surface area contributed by atoms with E-state index in [-0.39, 0.29) is 12.2 Å². The smallest absolute Gasteiger partial charge is 0.133 e. The number of hydrogen-bond donors (Lipinski definition) is 0. The highest BCUT2D eigenvalue weighted by molar-refractivity contribution is 9.10. The predicted molar refractivity (Wildman–Crippen MR) is 112 cm³/mol. The van der Waals surface area contributed by atoms with Crippen molar-refractivity contribution in [3.63, 3.8) is 0 Å². The Labute approximate surface area is 177 Å². The Bertz CT molecular complexity index is 1010. The summed E-state index contributed by atoms with van der Waals surface area (Å²) < 4.78 is 24.7. The Kier molecular flexibility index (Phi) is 5.03. The van der Waals surface area contributed by atoms with E-state index in [1.807, 2.05) is 48.1 Å². The van der Waals surface area contributed by atoms with E-state index in [1.54, 1.807) is 0 Å². The Morgan fingerprint density at radius 1 is 0.966 bits per heavy atom. The van der Waals surface area contributed by atoms with Gasteiger partial charge in [-0.25, -0.2) is 0 Å². The van der Waals surface area contributed by atoms with E-state index < -0.39 is 0 Å². The molecule has 2 saturated heterocycles. The fourth-order valence-corrected chi connectivity index (χ4v) is 3.57. The molecule has 2 aliphatic rings. The molecule has 2 fully saturated rings. The summed E-state index contributed by atoms with van der Waals surface area (Å²) in [5.74, 6) is 1.66. The van der Waals surface area contributed by atoms with Gasteiger partial charge in [-0.3, -0.25) is 4.68 Å². The largest absolute Gasteiger partial charge is 0.491 e. The zero-order chi connectivity index (χ0) is 19.8. The van der Waals surface area contributed by atoms with Crippen molar-refractivity contribution in [2.75, 3.05) is 26.4 Å². The van der Waals surface area contributed by atoms with Crippen molar-refractivity contribution >= 4 is 15.9 Å². The van der Waals surface area contributed by atoms with Crippen molar-refractivity contribution in [2.24, 2.45) is 7.05 Å². The molecule has 3 heterocycles. The SMILES string of the molecule is Cn1nc(-c2ccc(OCC3CO3)cc2)cc1-c1ccc(OCC2CO2)c(Br)c1. The summed E-state index contributed by atoms with van der Waals surface area (Å²) in [6.07, 6.45) is 0.492. The first-order valence-corrected chi connectivity index (χ1v) is 10.4. The van der Waals surface area contributed by atoms with Crippen molar-refractivity contribution in [3.05, 3.63) is 53.0 Å². The molecule has 7 heteroatoms. The highest BCUT2D eigenvalue weighted by atomic mass is 79.9. The lowest BCUT2D eigenvalue weighted by atomic mass is 10.1. The molecule has 0 amide bonds. The van der Waals surface area contributed by atoms with Crippen LogP contribution < -0.4 is 9.47 Å². The van der Waals surface area contributed by atoms with Gasteiger partial charge in [0.15, 0.2) is 0 Å². The lowest BCUT2D eigenvalue weighted by molar-refractivity contribution is 0.262. The molecule has 2 aliphatic heterocycles. The monoisotopic (exact) mass is 456 g/mol. The highest BCUT2D eigenvalue weighted by Crippen LogP contribution is 2.33. The summed E-state index contributed by atoms with van der Waals surface area (Å²) in [5.41, 5.74) is 4.06. The topological polar surface area (TPSA) is 61.3 Å². The lowest BCUT2D eigenvalue weighted by Crippen LogP contribution is -2.04. The minimum absolute atomic E-state index is 0.236. The number of epoxide rings is 2. The number of benzene rings is 2. The second kappa shape index (κ2) is 7.82. The van der Waals surface area contributed by atoms with Crippen LogP contribution in [0.15, 0.2) is 53.0 Å². The molecule has 0 N–H and O–H groups in total. The van der Waals surface area contributed by atoms with Crippen LogP contribution in [-0.4, -0.2) is 48.4 Å². The molecule has 0 spiro atoms. The summed E-state index contributed by atoms with van der Waals surface area (Å²) >= 11 is 3.61. The molecule has 6 nitrogen and oxygen atoms in total. The summed E-state index contributed by atoms with van der Waals surface area (Å²) in [4.78, 5) is 0. The molecule has 0 radical (unpaired) electrons. The van der Waals surface area contributed by atoms with Crippen LogP contribution in [0.5, 0.6) is 11.5 Å². The Hall–Kier alpha value is -2.35. The summed E-state index contributed by atoms with van der Waals surface area (Å²) in [6, 6.07) is 16.2. The van der Waals surface area contributed by atoms with Gasteiger partial charge in [0.25, 0.3) is 0 Å². The molecule has 0 bridgehead atoms. The molecule has 0 aliphatic carbocycles. The number of nitrogens with zero attached hydrogens (tertiary/aromatic N) is 2. The average Bonchev–Trinajstić information content (AvgIpc) is 3.65. The molecule has 5 rings (SSSR count). The Morgan fingerprint density at radius 3 is 2.28 bits per heavy atom. The number of ether oxygens (including phenoxy) is 4. The van der Waals surface area contributed by atoms with Gasteiger partial charge in [0.1, 0.15) is 36.9 Å². The second-order valence-electron chi connectivity index (χ2n) is 7.24. The average molecular weight is 457 g/mol. The molecule has 3 aromatic rings. The van der Waals surface area contributed by atoms with E-state index >= 15 is 0 Å². The number of rotatable bonds is 8. The third-order valence-corrected chi connectivity index (χ3v) is 5.54. The van der Waals surface area contributed by atoms with Crippen LogP contribution in [0, 0.1) is 0 Å². The zero-order valence-corrected chi connectivity index (χ0v) is 17.6. The van der Waals surface area contributed by atoms with Gasteiger partial charge in [-0.15, -0.1) is 0 Å². The maximum atomic E-state index is 5.79. The van der Waals surface area contributed by atoms with Gasteiger partial charge in [-0.05, 0) is 64.5 Å². The van der Waals surface area contributed by atoms with Gasteiger partial charge in [-0.2, -0.15) is 5.10 Å². The van der Waals surface area contributed by atoms with E-state index in [4.69, 9.17) is 18.9 Å². The first kappa shape index (κ1) is 18.7. The molecule has 1 aromatic heterocycles. The Balaban J connectivity index is 1.32. The predicted octanol–water partition coefficient (Wildman–Crippen LogP) is 4.07. The Morgan fingerprint density at radius 2 is 1.62 bits per heavy atom. The zero-order valence-electron chi connectivity index (χ0n) is 16.0. The van der Waals surface area contributed by atoms with Gasteiger partial charge in [0, 0.05) is 18.2 Å². The van der Waals surface area contributed by atoms with Crippen molar-refractivity contribution in [1.29, 1.82) is 0 Å². The van der Waals surface area contributed by atoms with Crippen molar-refractivity contribution in [2.45, 2.75) is 12.2 Å². The third kappa shape index (κ3) is 4.47. The fourth-order valence-electron chi connectivity index (χ4n) is 3.08. The summed E-state index contributed by atoms with van der Waals surface area (Å²) in [7, 11) is 1.95. The van der Waals surface area contributed by atoms with Crippen LogP contribution in [0.25, 0.3) is 22.5 Å². The molecule has 2 atom stereocenters. The number of aryl methyl sites for hydroxylation is 1. The number of hydrogen-bond acceptors (Lipinski definition) is 5. The van der Waals surface area contributed by atoms with E-state index in [2.05, 4.69) is 33.2 Å². The molecule has 0 saturated carbocycles. The fraction of sp³-hybridized carbons (Fsp3) is 0.318. The van der Waals surface area contributed by atoms with E-state index in [1.165, 1.54) is 0 Å². The molecule has 150 valence electrons. The van der Waals surface area contributed by atoms with Crippen LogP contribution in [0.2, 0.25) is 0 Å². The molecular formula is C22H21BrN2O4. The second-order valence-corrected chi connectivity index (χ2v) is 8.10. The maximum Gasteiger partial charge on any atom is 0.133 e. The third-order valence-electron chi connectivity index (χ3n) is 4.92. The first-order valence-electron chi connectivity index (χ1n) is 9.59. The van der Waals surface area contributed by atoms with Gasteiger partial charge in [-0.1, -0.05) is 0 Å². The van der Waals surface area contributed by atoms with Crippen molar-refractivity contribution < 1.29 is 18.9 Å². The molecule has 29 heavy (non-hydrogen) atoms. The van der Waals surface area contributed by atoms with Gasteiger partial charge >= 0.3 is 0 Å². The van der Waals surface area contributed by atoms with Gasteiger partial charge in [0.05, 0.1) is 29.1 Å². The molecular weight excluding hydrogens is 436 g/mol. The minimum Gasteiger partial charge on any atom is -0.491 e. The first-order chi connectivity index (χ1) is 14.2. The van der Waals surface area contributed by atoms with Crippen LogP contribution in [0.1, 0.15) is 0 Å². The summed E-state index contributed by atoms with van der Waals surface area (Å²) in [5, 5.41) is 4.68. The van der Waals surface area contributed by atoms with E-state index in [0.717, 1.165) is 51.7 Å². The number of halogens is 1. The molecule has 2 aromatic carbocycles. The lowest BCUT2D eigenvalue weighted by Gasteiger charge is -2.09. The van der Waals surface area contributed by atoms with Crippen molar-refractivity contribution in [1.82, 2.24) is 9.78 Å². The van der Waals surface area contributed by atoms with Crippen LogP contribution >= 0.6 is 15.9 Å².